The molecule has 4 aromatic rings. The lowest BCUT2D eigenvalue weighted by Crippen LogP contribution is -2.29. The lowest BCUT2D eigenvalue weighted by molar-refractivity contribution is 0.0684. The molecule has 0 amide bonds. The molecule has 36 heavy (non-hydrogen) atoms. The highest BCUT2D eigenvalue weighted by atomic mass is 19.1. The number of imidazole rings is 1. The monoisotopic (exact) mass is 498 g/mol. The Balaban J connectivity index is 1.43. The Morgan fingerprint density at radius 3 is 2.72 bits per heavy atom. The zero-order valence-corrected chi connectivity index (χ0v) is 18.8. The number of carboxylic acids is 1. The van der Waals surface area contributed by atoms with Crippen LogP contribution in [0.5, 0.6) is 0 Å². The lowest BCUT2D eigenvalue weighted by Gasteiger charge is -2.30. The number of Topliss-reactive ketones (excluding diaryl/α,β-unsaturated/α-hetero) is 1. The second-order valence-corrected chi connectivity index (χ2v) is 8.84. The second-order valence-electron chi connectivity index (χ2n) is 8.84. The summed E-state index contributed by atoms with van der Waals surface area (Å²) in [6.07, 6.45) is 7.33. The Hall–Kier alpha value is -4.22. The fourth-order valence-corrected chi connectivity index (χ4v) is 4.73. The molecular formula is C24H21F3N6O3. The highest BCUT2D eigenvalue weighted by Crippen LogP contribution is 2.33. The number of rotatable bonds is 7. The SMILES string of the molecule is O=C(C[C@@H]1CCC[C@H](Nc2nc(-c3c[nH]c4c(F)cc(F)cc34)nc(C(=O)O)c2F)C1)c1cnc[nH]1. The average Bonchev–Trinajstić information content (AvgIpc) is 3.51. The molecule has 3 aromatic heterocycles. The van der Waals surface area contributed by atoms with Gasteiger partial charge < -0.3 is 20.4 Å². The van der Waals surface area contributed by atoms with Crippen molar-refractivity contribution in [1.82, 2.24) is 24.9 Å². The van der Waals surface area contributed by atoms with E-state index in [0.717, 1.165) is 18.9 Å². The van der Waals surface area contributed by atoms with Gasteiger partial charge in [0.05, 0.1) is 18.0 Å². The molecule has 9 nitrogen and oxygen atoms in total. The van der Waals surface area contributed by atoms with Crippen molar-refractivity contribution in [2.45, 2.75) is 38.1 Å². The van der Waals surface area contributed by atoms with E-state index in [0.29, 0.717) is 31.0 Å². The van der Waals surface area contributed by atoms with Crippen molar-refractivity contribution >= 4 is 28.5 Å². The zero-order valence-electron chi connectivity index (χ0n) is 18.8. The number of benzene rings is 1. The summed E-state index contributed by atoms with van der Waals surface area (Å²) in [4.78, 5) is 41.5. The number of halogens is 3. The van der Waals surface area contributed by atoms with Gasteiger partial charge in [-0.1, -0.05) is 6.42 Å². The number of fused-ring (bicyclic) bond motifs is 1. The van der Waals surface area contributed by atoms with Crippen LogP contribution in [-0.4, -0.2) is 47.8 Å². The summed E-state index contributed by atoms with van der Waals surface area (Å²) in [5.41, 5.74) is -0.326. The van der Waals surface area contributed by atoms with Gasteiger partial charge in [0.1, 0.15) is 17.3 Å². The summed E-state index contributed by atoms with van der Waals surface area (Å²) in [6.45, 7) is 0. The van der Waals surface area contributed by atoms with Gasteiger partial charge in [-0.2, -0.15) is 0 Å². The molecule has 1 aliphatic carbocycles. The molecule has 0 unspecified atom stereocenters. The molecule has 0 saturated heterocycles. The van der Waals surface area contributed by atoms with Gasteiger partial charge in [-0.05, 0) is 31.2 Å². The van der Waals surface area contributed by atoms with Crippen LogP contribution < -0.4 is 5.32 Å². The van der Waals surface area contributed by atoms with E-state index in [1.807, 2.05) is 0 Å². The number of aromatic amines is 2. The van der Waals surface area contributed by atoms with Gasteiger partial charge >= 0.3 is 5.97 Å². The Bertz CT molecular complexity index is 1450. The largest absolute Gasteiger partial charge is 0.476 e. The molecule has 5 rings (SSSR count). The van der Waals surface area contributed by atoms with Crippen LogP contribution in [0.2, 0.25) is 0 Å². The summed E-state index contributed by atoms with van der Waals surface area (Å²) in [5.74, 6) is -4.98. The van der Waals surface area contributed by atoms with E-state index in [1.54, 1.807) is 0 Å². The van der Waals surface area contributed by atoms with Crippen molar-refractivity contribution in [1.29, 1.82) is 0 Å². The minimum atomic E-state index is -1.61. The first-order valence-electron chi connectivity index (χ1n) is 11.4. The minimum Gasteiger partial charge on any atom is -0.476 e. The molecule has 12 heteroatoms. The summed E-state index contributed by atoms with van der Waals surface area (Å²) >= 11 is 0. The summed E-state index contributed by atoms with van der Waals surface area (Å²) in [5, 5.41) is 12.6. The Morgan fingerprint density at radius 2 is 1.97 bits per heavy atom. The Morgan fingerprint density at radius 1 is 1.14 bits per heavy atom. The van der Waals surface area contributed by atoms with Crippen LogP contribution in [0.1, 0.15) is 53.1 Å². The van der Waals surface area contributed by atoms with Crippen LogP contribution in [0.25, 0.3) is 22.3 Å². The van der Waals surface area contributed by atoms with Crippen LogP contribution >= 0.6 is 0 Å². The van der Waals surface area contributed by atoms with Crippen molar-refractivity contribution in [3.05, 3.63) is 59.7 Å². The predicted molar refractivity (Wildman–Crippen MR) is 123 cm³/mol. The van der Waals surface area contributed by atoms with Crippen molar-refractivity contribution in [3.63, 3.8) is 0 Å². The Labute approximate surface area is 202 Å². The van der Waals surface area contributed by atoms with Gasteiger partial charge in [-0.15, -0.1) is 0 Å². The number of aromatic carboxylic acids is 1. The van der Waals surface area contributed by atoms with Crippen molar-refractivity contribution < 1.29 is 27.9 Å². The molecule has 1 aromatic carbocycles. The molecule has 1 saturated carbocycles. The van der Waals surface area contributed by atoms with Crippen LogP contribution in [0.4, 0.5) is 19.0 Å². The molecule has 4 N–H and O–H groups in total. The summed E-state index contributed by atoms with van der Waals surface area (Å²) in [7, 11) is 0. The third-order valence-electron chi connectivity index (χ3n) is 6.40. The first kappa shape index (κ1) is 23.5. The molecule has 0 bridgehead atoms. The van der Waals surface area contributed by atoms with E-state index in [1.165, 1.54) is 18.7 Å². The van der Waals surface area contributed by atoms with E-state index in [4.69, 9.17) is 0 Å². The number of H-pyrrole nitrogens is 2. The fraction of sp³-hybridized carbons (Fsp3) is 0.292. The molecule has 2 atom stereocenters. The molecule has 186 valence electrons. The zero-order chi connectivity index (χ0) is 25.4. The van der Waals surface area contributed by atoms with E-state index in [-0.39, 0.29) is 45.9 Å². The topological polar surface area (TPSA) is 137 Å². The third kappa shape index (κ3) is 4.53. The van der Waals surface area contributed by atoms with Gasteiger partial charge in [0.15, 0.2) is 28.9 Å². The van der Waals surface area contributed by atoms with Crippen LogP contribution in [-0.2, 0) is 0 Å². The Kier molecular flexibility index (Phi) is 6.17. The number of hydrogen-bond donors (Lipinski definition) is 4. The van der Waals surface area contributed by atoms with E-state index in [9.17, 15) is 23.5 Å². The average molecular weight is 498 g/mol. The minimum absolute atomic E-state index is 0.0113. The lowest BCUT2D eigenvalue weighted by atomic mass is 9.82. The van der Waals surface area contributed by atoms with E-state index < -0.39 is 29.1 Å². The molecule has 1 aliphatic rings. The smallest absolute Gasteiger partial charge is 0.357 e. The number of nitrogens with zero attached hydrogens (tertiary/aromatic N) is 3. The molecule has 1 fully saturated rings. The van der Waals surface area contributed by atoms with Gasteiger partial charge in [0, 0.05) is 35.7 Å². The maximum absolute atomic E-state index is 15.1. The maximum Gasteiger partial charge on any atom is 0.357 e. The number of carboxylic acid groups (broad SMARTS) is 1. The number of ketones is 1. The van der Waals surface area contributed by atoms with Crippen molar-refractivity contribution in [2.24, 2.45) is 5.92 Å². The molecule has 3 heterocycles. The first-order chi connectivity index (χ1) is 17.3. The number of hydrogen-bond acceptors (Lipinski definition) is 6. The van der Waals surface area contributed by atoms with Gasteiger partial charge in [-0.25, -0.2) is 32.9 Å². The fourth-order valence-electron chi connectivity index (χ4n) is 4.73. The molecular weight excluding hydrogens is 477 g/mol. The number of carbonyl (C=O) groups is 2. The van der Waals surface area contributed by atoms with Crippen molar-refractivity contribution in [3.8, 4) is 11.4 Å². The normalized spacial score (nSPS) is 17.9. The van der Waals surface area contributed by atoms with Crippen LogP contribution in [0.3, 0.4) is 0 Å². The standard InChI is InChI=1S/C24H21F3N6O3/c25-12-6-14-15(8-29-20(14)16(26)7-12)22-32-21(24(35)36)19(27)23(33-22)31-13-3-1-2-11(4-13)5-18(34)17-9-28-10-30-17/h6-11,13,29H,1-5H2,(H,28,30)(H,35,36)(H,31,32,33)/t11-,13+/m1/s1. The highest BCUT2D eigenvalue weighted by molar-refractivity contribution is 5.95. The van der Waals surface area contributed by atoms with Crippen LogP contribution in [0, 0.1) is 23.4 Å². The third-order valence-corrected chi connectivity index (χ3v) is 6.40. The highest BCUT2D eigenvalue weighted by Gasteiger charge is 2.28. The summed E-state index contributed by atoms with van der Waals surface area (Å²) < 4.78 is 43.1. The van der Waals surface area contributed by atoms with Crippen LogP contribution in [0.15, 0.2) is 30.9 Å². The van der Waals surface area contributed by atoms with Gasteiger partial charge in [-0.3, -0.25) is 4.79 Å². The molecule has 0 radical (unpaired) electrons. The number of aromatic nitrogens is 5. The van der Waals surface area contributed by atoms with E-state index >= 15 is 4.39 Å². The number of anilines is 1. The first-order valence-corrected chi connectivity index (χ1v) is 11.4. The predicted octanol–water partition coefficient (Wildman–Crippen LogP) is 4.71. The maximum atomic E-state index is 15.1. The second kappa shape index (κ2) is 9.44. The quantitative estimate of drug-likeness (QED) is 0.271. The number of carbonyl (C=O) groups excluding carboxylic acids is 1. The van der Waals surface area contributed by atoms with E-state index in [2.05, 4.69) is 30.2 Å². The molecule has 0 spiro atoms. The van der Waals surface area contributed by atoms with Gasteiger partial charge in [0.2, 0.25) is 0 Å². The summed E-state index contributed by atoms with van der Waals surface area (Å²) in [6, 6.07) is 1.50. The number of nitrogens with one attached hydrogen (secondary N) is 3. The molecule has 0 aliphatic heterocycles. The van der Waals surface area contributed by atoms with Gasteiger partial charge in [0.25, 0.3) is 0 Å². The van der Waals surface area contributed by atoms with Crippen molar-refractivity contribution in [2.75, 3.05) is 5.32 Å².